The van der Waals surface area contributed by atoms with Gasteiger partial charge in [0.1, 0.15) is 0 Å². The van der Waals surface area contributed by atoms with Gasteiger partial charge >= 0.3 is 5.97 Å². The van der Waals surface area contributed by atoms with Crippen LogP contribution in [0, 0.1) is 50.2 Å². The van der Waals surface area contributed by atoms with Crippen molar-refractivity contribution in [1.82, 2.24) is 0 Å². The second-order valence-electron chi connectivity index (χ2n) is 15.2. The van der Waals surface area contributed by atoms with Gasteiger partial charge in [-0.25, -0.2) is 0 Å². The number of hydrogen-bond acceptors (Lipinski definition) is 4. The predicted octanol–water partition coefficient (Wildman–Crippen LogP) is 6.29. The minimum atomic E-state index is -0.601. The molecule has 0 heterocycles. The molecule has 0 aromatic rings. The van der Waals surface area contributed by atoms with Crippen molar-refractivity contribution in [2.24, 2.45) is 50.2 Å². The lowest BCUT2D eigenvalue weighted by Gasteiger charge is -2.71. The van der Waals surface area contributed by atoms with Crippen LogP contribution >= 0.6 is 0 Å². The van der Waals surface area contributed by atoms with Crippen molar-refractivity contribution in [3.05, 3.63) is 11.6 Å². The van der Waals surface area contributed by atoms with Crippen LogP contribution in [0.25, 0.3) is 0 Å². The van der Waals surface area contributed by atoms with Crippen LogP contribution in [0.5, 0.6) is 0 Å². The normalized spacial score (nSPS) is 52.2. The highest BCUT2D eigenvalue weighted by Crippen LogP contribution is 2.75. The first-order valence-electron chi connectivity index (χ1n) is 14.3. The van der Waals surface area contributed by atoms with Crippen LogP contribution in [0.15, 0.2) is 11.6 Å². The lowest BCUT2D eigenvalue weighted by molar-refractivity contribution is -0.213. The molecule has 9 atom stereocenters. The number of methoxy groups -OCH3 is 1. The lowest BCUT2D eigenvalue weighted by Crippen LogP contribution is -2.66. The van der Waals surface area contributed by atoms with Crippen molar-refractivity contribution >= 4 is 5.97 Å². The largest absolute Gasteiger partial charge is 0.469 e. The summed E-state index contributed by atoms with van der Waals surface area (Å²) in [4.78, 5) is 13.4. The van der Waals surface area contributed by atoms with E-state index in [2.05, 4.69) is 54.5 Å². The molecule has 0 aromatic carbocycles. The quantitative estimate of drug-likeness (QED) is 0.337. The highest BCUT2D eigenvalue weighted by Gasteiger charge is 2.70. The molecule has 35 heavy (non-hydrogen) atoms. The van der Waals surface area contributed by atoms with E-state index in [0.29, 0.717) is 11.8 Å². The fraction of sp³-hybridized carbons (Fsp3) is 0.903. The van der Waals surface area contributed by atoms with Crippen molar-refractivity contribution in [2.75, 3.05) is 7.11 Å². The second-order valence-corrected chi connectivity index (χ2v) is 15.2. The SMILES string of the molecule is COC(=O)[C@]12CCC(C)(C)[C@@H](O)[C@H]1C1=CC[C@H]3[C@@]4(C)CC[C@@H](O)C(C)(C)[C@@H]4CC[C@@]3(C)[C@]1(C)CC2. The first-order valence-corrected chi connectivity index (χ1v) is 14.3. The molecule has 4 heteroatoms. The molecule has 0 aromatic heterocycles. The molecule has 5 aliphatic carbocycles. The maximum absolute atomic E-state index is 13.4. The summed E-state index contributed by atoms with van der Waals surface area (Å²) in [6.45, 7) is 16.4. The molecule has 0 unspecified atom stereocenters. The number of fused-ring (bicyclic) bond motifs is 7. The Bertz CT molecular complexity index is 934. The topological polar surface area (TPSA) is 66.8 Å². The van der Waals surface area contributed by atoms with Crippen molar-refractivity contribution < 1.29 is 19.7 Å². The molecule has 0 amide bonds. The van der Waals surface area contributed by atoms with Gasteiger partial charge in [-0.2, -0.15) is 0 Å². The molecule has 0 bridgehead atoms. The van der Waals surface area contributed by atoms with Crippen LogP contribution in [-0.4, -0.2) is 35.5 Å². The van der Waals surface area contributed by atoms with E-state index >= 15 is 0 Å². The molecule has 4 nitrogen and oxygen atoms in total. The van der Waals surface area contributed by atoms with Gasteiger partial charge in [0, 0.05) is 5.92 Å². The standard InChI is InChI=1S/C31H50O4/c1-26(2)15-17-31(25(34)35-8)18-16-29(6)19(23(31)24(26)33)9-10-21-28(5)13-12-22(32)27(3,4)20(28)11-14-30(21,29)7/h9,20-24,32-33H,10-18H2,1-8H3/t20-,21-,22+,23+,24-,28-,29+,30+,31-/m0/s1. The van der Waals surface area contributed by atoms with Gasteiger partial charge in [-0.3, -0.25) is 4.79 Å². The smallest absolute Gasteiger partial charge is 0.312 e. The molecule has 0 spiro atoms. The average Bonchev–Trinajstić information content (AvgIpc) is 2.79. The van der Waals surface area contributed by atoms with E-state index < -0.39 is 11.5 Å². The fourth-order valence-electron chi connectivity index (χ4n) is 10.8. The fourth-order valence-corrected chi connectivity index (χ4v) is 10.8. The molecule has 4 saturated carbocycles. The Morgan fingerprint density at radius 1 is 0.886 bits per heavy atom. The van der Waals surface area contributed by atoms with Gasteiger partial charge in [0.05, 0.1) is 24.7 Å². The van der Waals surface area contributed by atoms with E-state index in [1.807, 2.05) is 0 Å². The Hall–Kier alpha value is -0.870. The van der Waals surface area contributed by atoms with E-state index in [-0.39, 0.29) is 45.1 Å². The number of esters is 1. The molecule has 4 fully saturated rings. The van der Waals surface area contributed by atoms with Crippen LogP contribution in [0.4, 0.5) is 0 Å². The summed E-state index contributed by atoms with van der Waals surface area (Å²) in [5.74, 6) is 0.789. The third kappa shape index (κ3) is 3.02. The van der Waals surface area contributed by atoms with Crippen molar-refractivity contribution in [2.45, 2.75) is 118 Å². The van der Waals surface area contributed by atoms with Crippen LogP contribution in [-0.2, 0) is 9.53 Å². The number of aliphatic hydroxyl groups excluding tert-OH is 2. The summed E-state index contributed by atoms with van der Waals surface area (Å²) >= 11 is 0. The van der Waals surface area contributed by atoms with Gasteiger partial charge in [-0.1, -0.05) is 60.1 Å². The number of carbonyl (C=O) groups is 1. The summed E-state index contributed by atoms with van der Waals surface area (Å²) in [5.41, 5.74) is 0.746. The highest BCUT2D eigenvalue weighted by atomic mass is 16.5. The number of ether oxygens (including phenoxy) is 1. The van der Waals surface area contributed by atoms with Gasteiger partial charge < -0.3 is 14.9 Å². The molecule has 0 radical (unpaired) electrons. The second kappa shape index (κ2) is 7.59. The molecule has 5 rings (SSSR count). The zero-order chi connectivity index (χ0) is 25.8. The minimum absolute atomic E-state index is 0.0410. The summed E-state index contributed by atoms with van der Waals surface area (Å²) in [5, 5.41) is 22.8. The van der Waals surface area contributed by atoms with Gasteiger partial charge in [0.15, 0.2) is 0 Å². The van der Waals surface area contributed by atoms with Crippen LogP contribution in [0.3, 0.4) is 0 Å². The zero-order valence-corrected chi connectivity index (χ0v) is 23.5. The minimum Gasteiger partial charge on any atom is -0.469 e. The number of hydrogen-bond donors (Lipinski definition) is 2. The summed E-state index contributed by atoms with van der Waals surface area (Å²) in [6.07, 6.45) is 10.4. The van der Waals surface area contributed by atoms with Crippen molar-refractivity contribution in [1.29, 1.82) is 0 Å². The van der Waals surface area contributed by atoms with E-state index in [1.54, 1.807) is 0 Å². The average molecular weight is 487 g/mol. The molecular weight excluding hydrogens is 436 g/mol. The third-order valence-electron chi connectivity index (χ3n) is 13.4. The number of carbonyl (C=O) groups excluding carboxylic acids is 1. The summed E-state index contributed by atoms with van der Waals surface area (Å²) in [6, 6.07) is 0. The van der Waals surface area contributed by atoms with Gasteiger partial charge in [-0.15, -0.1) is 0 Å². The van der Waals surface area contributed by atoms with Gasteiger partial charge in [0.2, 0.25) is 0 Å². The molecular formula is C31H50O4. The number of rotatable bonds is 1. The van der Waals surface area contributed by atoms with Crippen molar-refractivity contribution in [3.63, 3.8) is 0 Å². The number of allylic oxidation sites excluding steroid dienone is 1. The third-order valence-corrected chi connectivity index (χ3v) is 13.4. The lowest BCUT2D eigenvalue weighted by atomic mass is 9.33. The van der Waals surface area contributed by atoms with Crippen molar-refractivity contribution in [3.8, 4) is 0 Å². The Labute approximate surface area is 213 Å². The Kier molecular flexibility index (Phi) is 5.59. The molecule has 5 aliphatic rings. The highest BCUT2D eigenvalue weighted by molar-refractivity contribution is 5.79. The van der Waals surface area contributed by atoms with E-state index in [4.69, 9.17) is 4.74 Å². The first-order chi connectivity index (χ1) is 16.1. The number of aliphatic hydroxyl groups is 2. The molecule has 2 N–H and O–H groups in total. The molecule has 198 valence electrons. The van der Waals surface area contributed by atoms with Gasteiger partial charge in [0.25, 0.3) is 0 Å². The Morgan fingerprint density at radius 2 is 1.54 bits per heavy atom. The summed E-state index contributed by atoms with van der Waals surface area (Å²) < 4.78 is 5.43. The van der Waals surface area contributed by atoms with E-state index in [9.17, 15) is 15.0 Å². The molecule has 0 saturated heterocycles. The molecule has 0 aliphatic heterocycles. The Morgan fingerprint density at radius 3 is 2.20 bits per heavy atom. The van der Waals surface area contributed by atoms with E-state index in [0.717, 1.165) is 57.8 Å². The van der Waals surface area contributed by atoms with Gasteiger partial charge in [-0.05, 0) is 96.7 Å². The Balaban J connectivity index is 1.63. The maximum Gasteiger partial charge on any atom is 0.312 e. The van der Waals surface area contributed by atoms with E-state index in [1.165, 1.54) is 12.7 Å². The summed E-state index contributed by atoms with van der Waals surface area (Å²) in [7, 11) is 1.52. The van der Waals surface area contributed by atoms with Crippen LogP contribution < -0.4 is 0 Å². The maximum atomic E-state index is 13.4. The van der Waals surface area contributed by atoms with Crippen LogP contribution in [0.1, 0.15) is 106 Å². The zero-order valence-electron chi connectivity index (χ0n) is 23.5. The first kappa shape index (κ1) is 25.8. The van der Waals surface area contributed by atoms with Crippen LogP contribution in [0.2, 0.25) is 0 Å². The monoisotopic (exact) mass is 486 g/mol. The predicted molar refractivity (Wildman–Crippen MR) is 138 cm³/mol.